The maximum atomic E-state index is 11.5. The van der Waals surface area contributed by atoms with Crippen LogP contribution in [-0.2, 0) is 20.7 Å². The van der Waals surface area contributed by atoms with Crippen LogP contribution >= 0.6 is 11.6 Å². The summed E-state index contributed by atoms with van der Waals surface area (Å²) in [7, 11) is 1.17. The van der Waals surface area contributed by atoms with Crippen LogP contribution in [0.25, 0.3) is 0 Å². The van der Waals surface area contributed by atoms with Gasteiger partial charge >= 0.3 is 5.97 Å². The molecule has 2 N–H and O–H groups in total. The highest BCUT2D eigenvalue weighted by molar-refractivity contribution is 6.30. The molecular weight excluding hydrogens is 258 g/mol. The van der Waals surface area contributed by atoms with E-state index in [0.717, 1.165) is 5.56 Å². The molecule has 1 rings (SSSR count). The number of methoxy groups -OCH3 is 1. The number of hydrogen-bond acceptors (Lipinski definition) is 4. The van der Waals surface area contributed by atoms with Crippen molar-refractivity contribution in [2.24, 2.45) is 0 Å². The Kier molecular flexibility index (Phi) is 5.61. The van der Waals surface area contributed by atoms with Gasteiger partial charge in [-0.15, -0.1) is 0 Å². The number of amides is 1. The third kappa shape index (κ3) is 4.73. The van der Waals surface area contributed by atoms with Crippen LogP contribution in [0, 0.1) is 0 Å². The maximum Gasteiger partial charge on any atom is 0.336 e. The van der Waals surface area contributed by atoms with E-state index in [1.807, 2.05) is 0 Å². The molecule has 0 aliphatic heterocycles. The number of ether oxygens (including phenoxy) is 1. The van der Waals surface area contributed by atoms with Gasteiger partial charge in [-0.2, -0.15) is 0 Å². The van der Waals surface area contributed by atoms with E-state index in [1.54, 1.807) is 24.3 Å². The second kappa shape index (κ2) is 6.98. The van der Waals surface area contributed by atoms with E-state index >= 15 is 0 Å². The molecule has 0 bridgehead atoms. The number of hydrogen-bond donors (Lipinski definition) is 2. The van der Waals surface area contributed by atoms with Crippen LogP contribution in [0.4, 0.5) is 0 Å². The van der Waals surface area contributed by atoms with Gasteiger partial charge in [0.25, 0.3) is 0 Å². The molecule has 0 aromatic heterocycles. The molecule has 0 aliphatic rings. The molecule has 1 aromatic rings. The van der Waals surface area contributed by atoms with Crippen molar-refractivity contribution in [2.75, 3.05) is 13.7 Å². The summed E-state index contributed by atoms with van der Waals surface area (Å²) in [6, 6.07) is 6.90. The molecule has 1 amide bonds. The fourth-order valence-electron chi connectivity index (χ4n) is 1.32. The second-order valence-electron chi connectivity index (χ2n) is 3.65. The topological polar surface area (TPSA) is 75.6 Å². The minimum Gasteiger partial charge on any atom is -0.467 e. The van der Waals surface area contributed by atoms with E-state index in [2.05, 4.69) is 10.1 Å². The van der Waals surface area contributed by atoms with Gasteiger partial charge in [-0.1, -0.05) is 23.7 Å². The van der Waals surface area contributed by atoms with Crippen molar-refractivity contribution >= 4 is 23.5 Å². The van der Waals surface area contributed by atoms with Crippen LogP contribution in [0.15, 0.2) is 24.3 Å². The van der Waals surface area contributed by atoms with Crippen molar-refractivity contribution in [3.05, 3.63) is 34.9 Å². The van der Waals surface area contributed by atoms with Crippen molar-refractivity contribution in [2.45, 2.75) is 12.5 Å². The molecule has 0 aliphatic carbocycles. The maximum absolute atomic E-state index is 11.5. The van der Waals surface area contributed by atoms with Gasteiger partial charge in [0.05, 0.1) is 20.1 Å². The predicted molar refractivity (Wildman–Crippen MR) is 66.2 cm³/mol. The molecule has 0 saturated heterocycles. The first-order valence-corrected chi connectivity index (χ1v) is 5.67. The highest BCUT2D eigenvalue weighted by atomic mass is 35.5. The van der Waals surface area contributed by atoms with Crippen LogP contribution in [0.5, 0.6) is 0 Å². The fourth-order valence-corrected chi connectivity index (χ4v) is 1.54. The molecule has 1 atom stereocenters. The predicted octanol–water partition coefficient (Wildman–Crippen LogP) is 0.533. The van der Waals surface area contributed by atoms with Crippen molar-refractivity contribution in [3.63, 3.8) is 0 Å². The first kappa shape index (κ1) is 14.5. The summed E-state index contributed by atoms with van der Waals surface area (Å²) < 4.78 is 4.32. The highest BCUT2D eigenvalue weighted by Crippen LogP contribution is 2.10. The number of halogens is 1. The SMILES string of the molecule is COC(=O)C(O)CNC(=O)Cc1cccc(Cl)c1. The van der Waals surface area contributed by atoms with Gasteiger partial charge in [-0.3, -0.25) is 4.79 Å². The summed E-state index contributed by atoms with van der Waals surface area (Å²) in [6.07, 6.45) is -1.22. The van der Waals surface area contributed by atoms with Gasteiger partial charge in [0.15, 0.2) is 6.10 Å². The first-order valence-electron chi connectivity index (χ1n) is 5.30. The van der Waals surface area contributed by atoms with E-state index < -0.39 is 12.1 Å². The third-order valence-corrected chi connectivity index (χ3v) is 2.45. The Morgan fingerprint density at radius 2 is 2.22 bits per heavy atom. The molecule has 1 aromatic carbocycles. The van der Waals surface area contributed by atoms with Gasteiger partial charge in [-0.05, 0) is 17.7 Å². The largest absolute Gasteiger partial charge is 0.467 e. The second-order valence-corrected chi connectivity index (χ2v) is 4.09. The standard InChI is InChI=1S/C12H14ClNO4/c1-18-12(17)10(15)7-14-11(16)6-8-3-2-4-9(13)5-8/h2-5,10,15H,6-7H2,1H3,(H,14,16). The number of nitrogens with one attached hydrogen (secondary N) is 1. The summed E-state index contributed by atoms with van der Waals surface area (Å²) in [6.45, 7) is -0.175. The van der Waals surface area contributed by atoms with E-state index in [0.29, 0.717) is 5.02 Å². The lowest BCUT2D eigenvalue weighted by molar-refractivity contribution is -0.150. The first-order chi connectivity index (χ1) is 8.52. The van der Waals surface area contributed by atoms with Crippen LogP contribution in [0.3, 0.4) is 0 Å². The van der Waals surface area contributed by atoms with Crippen molar-refractivity contribution in [3.8, 4) is 0 Å². The van der Waals surface area contributed by atoms with Crippen LogP contribution in [-0.4, -0.2) is 36.7 Å². The Balaban J connectivity index is 2.41. The summed E-state index contributed by atoms with van der Waals surface area (Å²) in [5.74, 6) is -1.08. The lowest BCUT2D eigenvalue weighted by Crippen LogP contribution is -2.37. The Bertz CT molecular complexity index is 436. The Morgan fingerprint density at radius 3 is 2.83 bits per heavy atom. The molecule has 0 radical (unpaired) electrons. The van der Waals surface area contributed by atoms with Crippen molar-refractivity contribution in [1.82, 2.24) is 5.32 Å². The molecule has 0 saturated carbocycles. The van der Waals surface area contributed by atoms with Crippen LogP contribution in [0.1, 0.15) is 5.56 Å². The van der Waals surface area contributed by atoms with Gasteiger partial charge in [-0.25, -0.2) is 4.79 Å². The zero-order valence-corrected chi connectivity index (χ0v) is 10.6. The molecule has 18 heavy (non-hydrogen) atoms. The Morgan fingerprint density at radius 1 is 1.50 bits per heavy atom. The average Bonchev–Trinajstić information content (AvgIpc) is 2.35. The summed E-state index contributed by atoms with van der Waals surface area (Å²) in [5, 5.41) is 12.2. The Labute approximate surface area is 110 Å². The van der Waals surface area contributed by atoms with E-state index in [4.69, 9.17) is 11.6 Å². The lowest BCUT2D eigenvalue weighted by Gasteiger charge is -2.09. The van der Waals surface area contributed by atoms with Crippen LogP contribution in [0.2, 0.25) is 5.02 Å². The molecule has 1 unspecified atom stereocenters. The zero-order chi connectivity index (χ0) is 13.5. The summed E-state index contributed by atoms with van der Waals surface area (Å²) in [5.41, 5.74) is 0.757. The van der Waals surface area contributed by atoms with Crippen LogP contribution < -0.4 is 5.32 Å². The van der Waals surface area contributed by atoms with Crippen molar-refractivity contribution < 1.29 is 19.4 Å². The average molecular weight is 272 g/mol. The highest BCUT2D eigenvalue weighted by Gasteiger charge is 2.16. The molecule has 0 fully saturated rings. The molecule has 5 nitrogen and oxygen atoms in total. The van der Waals surface area contributed by atoms with Gasteiger partial charge in [0.2, 0.25) is 5.91 Å². The normalized spacial score (nSPS) is 11.7. The number of carbonyl (C=O) groups is 2. The number of esters is 1. The molecule has 98 valence electrons. The number of carbonyl (C=O) groups excluding carboxylic acids is 2. The van der Waals surface area contributed by atoms with Gasteiger partial charge in [0, 0.05) is 5.02 Å². The smallest absolute Gasteiger partial charge is 0.336 e. The number of benzene rings is 1. The number of aliphatic hydroxyl groups is 1. The minimum absolute atomic E-state index is 0.133. The van der Waals surface area contributed by atoms with Crippen molar-refractivity contribution in [1.29, 1.82) is 0 Å². The summed E-state index contributed by atoms with van der Waals surface area (Å²) in [4.78, 5) is 22.4. The molecule has 6 heteroatoms. The third-order valence-electron chi connectivity index (χ3n) is 2.22. The lowest BCUT2D eigenvalue weighted by atomic mass is 10.1. The minimum atomic E-state index is -1.35. The van der Waals surface area contributed by atoms with E-state index in [1.165, 1.54) is 7.11 Å². The number of rotatable bonds is 5. The van der Waals surface area contributed by atoms with Gasteiger partial charge < -0.3 is 15.2 Å². The molecule has 0 heterocycles. The van der Waals surface area contributed by atoms with Gasteiger partial charge in [0.1, 0.15) is 0 Å². The monoisotopic (exact) mass is 271 g/mol. The quantitative estimate of drug-likeness (QED) is 0.766. The fraction of sp³-hybridized carbons (Fsp3) is 0.333. The Hall–Kier alpha value is -1.59. The van der Waals surface area contributed by atoms with E-state index in [-0.39, 0.29) is 18.9 Å². The summed E-state index contributed by atoms with van der Waals surface area (Å²) >= 11 is 5.78. The zero-order valence-electron chi connectivity index (χ0n) is 9.85. The van der Waals surface area contributed by atoms with E-state index in [9.17, 15) is 14.7 Å². The molecule has 0 spiro atoms. The number of aliphatic hydroxyl groups excluding tert-OH is 1. The molecular formula is C12H14ClNO4.